The zero-order valence-electron chi connectivity index (χ0n) is 11.0. The van der Waals surface area contributed by atoms with Crippen LogP contribution in [0.2, 0.25) is 0 Å². The SMILES string of the molecule is CCC(O)c1c(-c2cccs2)nc2c(C)cccn12. The summed E-state index contributed by atoms with van der Waals surface area (Å²) >= 11 is 1.65. The minimum Gasteiger partial charge on any atom is -0.387 e. The molecule has 3 aromatic rings. The number of nitrogens with zero attached hydrogens (tertiary/aromatic N) is 2. The minimum absolute atomic E-state index is 0.492. The van der Waals surface area contributed by atoms with Gasteiger partial charge in [-0.05, 0) is 36.4 Å². The van der Waals surface area contributed by atoms with Gasteiger partial charge in [-0.2, -0.15) is 0 Å². The third-order valence-electron chi connectivity index (χ3n) is 3.34. The van der Waals surface area contributed by atoms with Crippen molar-refractivity contribution in [2.45, 2.75) is 26.4 Å². The maximum absolute atomic E-state index is 10.3. The number of hydrogen-bond acceptors (Lipinski definition) is 3. The van der Waals surface area contributed by atoms with Crippen LogP contribution in [-0.4, -0.2) is 14.5 Å². The largest absolute Gasteiger partial charge is 0.387 e. The average Bonchev–Trinajstić information content (AvgIpc) is 3.05. The van der Waals surface area contributed by atoms with Crippen molar-refractivity contribution >= 4 is 17.0 Å². The van der Waals surface area contributed by atoms with Crippen molar-refractivity contribution in [2.75, 3.05) is 0 Å². The maximum atomic E-state index is 10.3. The molecule has 0 fully saturated rings. The third-order valence-corrected chi connectivity index (χ3v) is 4.22. The highest BCUT2D eigenvalue weighted by atomic mass is 32.1. The smallest absolute Gasteiger partial charge is 0.140 e. The first kappa shape index (κ1) is 12.4. The number of thiophene rings is 1. The number of imidazole rings is 1. The quantitative estimate of drug-likeness (QED) is 0.787. The molecule has 3 rings (SSSR count). The summed E-state index contributed by atoms with van der Waals surface area (Å²) in [4.78, 5) is 5.84. The molecule has 0 aliphatic rings. The monoisotopic (exact) mass is 272 g/mol. The average molecular weight is 272 g/mol. The Morgan fingerprint density at radius 1 is 1.37 bits per heavy atom. The molecule has 1 unspecified atom stereocenters. The van der Waals surface area contributed by atoms with Crippen LogP contribution in [0.1, 0.15) is 30.7 Å². The van der Waals surface area contributed by atoms with Crippen molar-refractivity contribution in [1.82, 2.24) is 9.38 Å². The molecule has 19 heavy (non-hydrogen) atoms. The molecule has 0 aliphatic heterocycles. The van der Waals surface area contributed by atoms with Crippen LogP contribution in [0.15, 0.2) is 35.8 Å². The Balaban J connectivity index is 2.34. The summed E-state index contributed by atoms with van der Waals surface area (Å²) in [5.74, 6) is 0. The standard InChI is InChI=1S/C15H16N2OS/c1-3-11(18)14-13(12-7-5-9-19-12)16-15-10(2)6-4-8-17(14)15/h4-9,11,18H,3H2,1-2H3. The molecule has 0 amide bonds. The predicted octanol–water partition coefficient (Wildman–Crippen LogP) is 3.81. The molecule has 0 saturated heterocycles. The van der Waals surface area contributed by atoms with Gasteiger partial charge in [-0.15, -0.1) is 11.3 Å². The lowest BCUT2D eigenvalue weighted by atomic mass is 10.1. The number of aryl methyl sites for hydroxylation is 1. The van der Waals surface area contributed by atoms with Gasteiger partial charge in [-0.3, -0.25) is 0 Å². The van der Waals surface area contributed by atoms with E-state index in [1.807, 2.05) is 54.1 Å². The molecule has 4 heteroatoms. The number of aliphatic hydroxyl groups excluding tert-OH is 1. The fraction of sp³-hybridized carbons (Fsp3) is 0.267. The number of aromatic nitrogens is 2. The van der Waals surface area contributed by atoms with E-state index >= 15 is 0 Å². The molecule has 0 bridgehead atoms. The summed E-state index contributed by atoms with van der Waals surface area (Å²) in [5, 5.41) is 12.4. The zero-order chi connectivity index (χ0) is 13.4. The molecule has 3 nitrogen and oxygen atoms in total. The Bertz CT molecular complexity index is 700. The van der Waals surface area contributed by atoms with E-state index in [0.29, 0.717) is 6.42 Å². The van der Waals surface area contributed by atoms with Gasteiger partial charge in [0.25, 0.3) is 0 Å². The fourth-order valence-corrected chi connectivity index (χ4v) is 3.05. The lowest BCUT2D eigenvalue weighted by Crippen LogP contribution is -2.02. The first-order valence-corrected chi connectivity index (χ1v) is 7.30. The molecule has 0 aromatic carbocycles. The topological polar surface area (TPSA) is 37.5 Å². The molecule has 0 spiro atoms. The molecule has 3 heterocycles. The molecule has 1 N–H and O–H groups in total. The van der Waals surface area contributed by atoms with Gasteiger partial charge in [0.15, 0.2) is 0 Å². The van der Waals surface area contributed by atoms with Crippen LogP contribution in [0.3, 0.4) is 0 Å². The van der Waals surface area contributed by atoms with E-state index in [-0.39, 0.29) is 0 Å². The first-order chi connectivity index (χ1) is 9.22. The summed E-state index contributed by atoms with van der Waals surface area (Å²) < 4.78 is 2.01. The normalized spacial score (nSPS) is 13.0. The van der Waals surface area contributed by atoms with Crippen molar-refractivity contribution in [2.24, 2.45) is 0 Å². The van der Waals surface area contributed by atoms with E-state index in [4.69, 9.17) is 4.98 Å². The second-order valence-corrected chi connectivity index (χ2v) is 5.58. The van der Waals surface area contributed by atoms with E-state index in [1.54, 1.807) is 11.3 Å². The van der Waals surface area contributed by atoms with E-state index in [9.17, 15) is 5.11 Å². The zero-order valence-corrected chi connectivity index (χ0v) is 11.8. The summed E-state index contributed by atoms with van der Waals surface area (Å²) in [7, 11) is 0. The molecular weight excluding hydrogens is 256 g/mol. The lowest BCUT2D eigenvalue weighted by Gasteiger charge is -2.10. The molecule has 1 atom stereocenters. The van der Waals surface area contributed by atoms with Crippen LogP contribution in [-0.2, 0) is 0 Å². The minimum atomic E-state index is -0.492. The van der Waals surface area contributed by atoms with E-state index in [1.165, 1.54) is 0 Å². The van der Waals surface area contributed by atoms with Gasteiger partial charge in [0, 0.05) is 6.20 Å². The van der Waals surface area contributed by atoms with Crippen LogP contribution in [0.4, 0.5) is 0 Å². The summed E-state index contributed by atoms with van der Waals surface area (Å²) in [6.07, 6.45) is 2.16. The molecule has 0 radical (unpaired) electrons. The van der Waals surface area contributed by atoms with Crippen molar-refractivity contribution in [1.29, 1.82) is 0 Å². The molecule has 98 valence electrons. The Morgan fingerprint density at radius 2 is 2.21 bits per heavy atom. The molecule has 3 aromatic heterocycles. The van der Waals surface area contributed by atoms with Crippen LogP contribution >= 0.6 is 11.3 Å². The van der Waals surface area contributed by atoms with Crippen molar-refractivity contribution in [3.63, 3.8) is 0 Å². The Hall–Kier alpha value is -1.65. The van der Waals surface area contributed by atoms with Crippen molar-refractivity contribution < 1.29 is 5.11 Å². The van der Waals surface area contributed by atoms with Gasteiger partial charge in [0.05, 0.1) is 16.7 Å². The maximum Gasteiger partial charge on any atom is 0.140 e. The van der Waals surface area contributed by atoms with Gasteiger partial charge in [-0.1, -0.05) is 19.1 Å². The van der Waals surface area contributed by atoms with Gasteiger partial charge < -0.3 is 9.51 Å². The van der Waals surface area contributed by atoms with E-state index in [2.05, 4.69) is 0 Å². The number of aliphatic hydroxyl groups is 1. The van der Waals surface area contributed by atoms with Crippen LogP contribution in [0, 0.1) is 6.92 Å². The van der Waals surface area contributed by atoms with Gasteiger partial charge in [-0.25, -0.2) is 4.98 Å². The molecule has 0 saturated carbocycles. The van der Waals surface area contributed by atoms with Crippen LogP contribution in [0.5, 0.6) is 0 Å². The van der Waals surface area contributed by atoms with Crippen molar-refractivity contribution in [3.8, 4) is 10.6 Å². The highest BCUT2D eigenvalue weighted by molar-refractivity contribution is 7.13. The van der Waals surface area contributed by atoms with Gasteiger partial charge in [0.2, 0.25) is 0 Å². The van der Waals surface area contributed by atoms with Crippen LogP contribution in [0.25, 0.3) is 16.2 Å². The highest BCUT2D eigenvalue weighted by Crippen LogP contribution is 2.33. The number of fused-ring (bicyclic) bond motifs is 1. The Labute approximate surface area is 116 Å². The van der Waals surface area contributed by atoms with Gasteiger partial charge in [0.1, 0.15) is 11.3 Å². The highest BCUT2D eigenvalue weighted by Gasteiger charge is 2.20. The first-order valence-electron chi connectivity index (χ1n) is 6.42. The predicted molar refractivity (Wildman–Crippen MR) is 78.5 cm³/mol. The third kappa shape index (κ3) is 1.97. The summed E-state index contributed by atoms with van der Waals surface area (Å²) in [6.45, 7) is 4.03. The fourth-order valence-electron chi connectivity index (χ4n) is 2.33. The van der Waals surface area contributed by atoms with E-state index < -0.39 is 6.10 Å². The second kappa shape index (κ2) is 4.79. The molecular formula is C15H16N2OS. The number of hydrogen-bond donors (Lipinski definition) is 1. The number of rotatable bonds is 3. The Morgan fingerprint density at radius 3 is 2.89 bits per heavy atom. The van der Waals surface area contributed by atoms with E-state index in [0.717, 1.165) is 27.5 Å². The number of pyridine rings is 1. The summed E-state index contributed by atoms with van der Waals surface area (Å²) in [6, 6.07) is 8.10. The Kier molecular flexibility index (Phi) is 3.12. The van der Waals surface area contributed by atoms with Crippen LogP contribution < -0.4 is 0 Å². The second-order valence-electron chi connectivity index (χ2n) is 4.63. The lowest BCUT2D eigenvalue weighted by molar-refractivity contribution is 0.168. The van der Waals surface area contributed by atoms with Crippen molar-refractivity contribution in [3.05, 3.63) is 47.1 Å². The molecule has 0 aliphatic carbocycles. The summed E-state index contributed by atoms with van der Waals surface area (Å²) in [5.41, 5.74) is 3.84. The van der Waals surface area contributed by atoms with Gasteiger partial charge >= 0.3 is 0 Å².